The number of nitrogens with one attached hydrogen (secondary N) is 1. The zero-order valence-corrected chi connectivity index (χ0v) is 10.8. The Morgan fingerprint density at radius 1 is 1.38 bits per heavy atom. The van der Waals surface area contributed by atoms with E-state index in [4.69, 9.17) is 11.6 Å². The number of benzene rings is 1. The van der Waals surface area contributed by atoms with E-state index >= 15 is 0 Å². The van der Waals surface area contributed by atoms with Crippen molar-refractivity contribution >= 4 is 11.6 Å². The summed E-state index contributed by atoms with van der Waals surface area (Å²) in [4.78, 5) is 0. The highest BCUT2D eigenvalue weighted by Crippen LogP contribution is 2.27. The summed E-state index contributed by atoms with van der Waals surface area (Å²) in [5.74, 6) is 0.130. The molecule has 0 saturated carbocycles. The second-order valence-corrected chi connectivity index (χ2v) is 4.50. The molecule has 16 heavy (non-hydrogen) atoms. The summed E-state index contributed by atoms with van der Waals surface area (Å²) in [6.07, 6.45) is 1.06. The van der Waals surface area contributed by atoms with E-state index in [9.17, 15) is 4.39 Å². The molecule has 2 atom stereocenters. The molecule has 0 spiro atoms. The first-order valence-electron chi connectivity index (χ1n) is 5.78. The van der Waals surface area contributed by atoms with Crippen molar-refractivity contribution in [3.63, 3.8) is 0 Å². The molecule has 0 radical (unpaired) electrons. The molecular weight excluding hydrogens is 225 g/mol. The highest BCUT2D eigenvalue weighted by atomic mass is 35.5. The molecule has 1 nitrogen and oxygen atoms in total. The van der Waals surface area contributed by atoms with Gasteiger partial charge in [-0.2, -0.15) is 0 Å². The Bertz CT molecular complexity index is 341. The minimum absolute atomic E-state index is 0.183. The lowest BCUT2D eigenvalue weighted by Gasteiger charge is -2.24. The molecule has 90 valence electrons. The van der Waals surface area contributed by atoms with E-state index in [1.54, 1.807) is 6.07 Å². The standard InChI is InChI=1S/C13H19ClFN/c1-4-9(3)13(16-5-2)10-6-7-11(14)12(15)8-10/h6-9,13,16H,4-5H2,1-3H3. The molecule has 0 fully saturated rings. The topological polar surface area (TPSA) is 12.0 Å². The average Bonchev–Trinajstić information content (AvgIpc) is 2.29. The lowest BCUT2D eigenvalue weighted by atomic mass is 9.92. The van der Waals surface area contributed by atoms with Gasteiger partial charge in [0.2, 0.25) is 0 Å². The van der Waals surface area contributed by atoms with E-state index in [2.05, 4.69) is 26.1 Å². The molecule has 0 bridgehead atoms. The molecule has 0 aliphatic carbocycles. The van der Waals surface area contributed by atoms with Gasteiger partial charge in [-0.15, -0.1) is 0 Å². The second kappa shape index (κ2) is 6.21. The van der Waals surface area contributed by atoms with Crippen molar-refractivity contribution < 1.29 is 4.39 Å². The molecule has 3 heteroatoms. The lowest BCUT2D eigenvalue weighted by Crippen LogP contribution is -2.26. The number of hydrogen-bond acceptors (Lipinski definition) is 1. The maximum absolute atomic E-state index is 13.4. The van der Waals surface area contributed by atoms with Crippen LogP contribution in [0.25, 0.3) is 0 Å². The summed E-state index contributed by atoms with van der Waals surface area (Å²) in [5, 5.41) is 3.57. The van der Waals surface area contributed by atoms with Gasteiger partial charge >= 0.3 is 0 Å². The van der Waals surface area contributed by atoms with E-state index in [1.807, 2.05) is 6.07 Å². The quantitative estimate of drug-likeness (QED) is 0.818. The Hall–Kier alpha value is -0.600. The van der Waals surface area contributed by atoms with Crippen LogP contribution in [0, 0.1) is 11.7 Å². The van der Waals surface area contributed by atoms with Gasteiger partial charge in [0.1, 0.15) is 5.82 Å². The van der Waals surface area contributed by atoms with Gasteiger partial charge in [-0.1, -0.05) is 44.9 Å². The largest absolute Gasteiger partial charge is 0.310 e. The molecule has 0 aliphatic rings. The third-order valence-corrected chi connectivity index (χ3v) is 3.25. The molecule has 0 heterocycles. The molecule has 1 aromatic rings. The van der Waals surface area contributed by atoms with Gasteiger partial charge in [-0.25, -0.2) is 4.39 Å². The van der Waals surface area contributed by atoms with Crippen LogP contribution in [0.3, 0.4) is 0 Å². The first kappa shape index (κ1) is 13.5. The second-order valence-electron chi connectivity index (χ2n) is 4.09. The van der Waals surface area contributed by atoms with Crippen LogP contribution in [0.1, 0.15) is 38.8 Å². The summed E-state index contributed by atoms with van der Waals surface area (Å²) in [7, 11) is 0. The monoisotopic (exact) mass is 243 g/mol. The van der Waals surface area contributed by atoms with Crippen LogP contribution in [0.4, 0.5) is 4.39 Å². The van der Waals surface area contributed by atoms with Gasteiger partial charge in [0.15, 0.2) is 0 Å². The van der Waals surface area contributed by atoms with Crippen LogP contribution in [-0.2, 0) is 0 Å². The van der Waals surface area contributed by atoms with Crippen molar-refractivity contribution in [1.29, 1.82) is 0 Å². The summed E-state index contributed by atoms with van der Waals surface area (Å²) < 4.78 is 13.4. The van der Waals surface area contributed by atoms with Gasteiger partial charge in [-0.05, 0) is 30.2 Å². The van der Waals surface area contributed by atoms with Gasteiger partial charge < -0.3 is 5.32 Å². The Morgan fingerprint density at radius 2 is 2.06 bits per heavy atom. The van der Waals surface area contributed by atoms with Crippen LogP contribution >= 0.6 is 11.6 Å². The third kappa shape index (κ3) is 3.19. The van der Waals surface area contributed by atoms with Gasteiger partial charge in [0.25, 0.3) is 0 Å². The lowest BCUT2D eigenvalue weighted by molar-refractivity contribution is 0.382. The predicted octanol–water partition coefficient (Wildman–Crippen LogP) is 4.18. The molecular formula is C13H19ClFN. The third-order valence-electron chi connectivity index (χ3n) is 2.94. The van der Waals surface area contributed by atoms with Crippen LogP contribution in [0.15, 0.2) is 18.2 Å². The maximum atomic E-state index is 13.4. The zero-order valence-electron chi connectivity index (χ0n) is 10.1. The predicted molar refractivity (Wildman–Crippen MR) is 67.3 cm³/mol. The number of halogens is 2. The van der Waals surface area contributed by atoms with Crippen molar-refractivity contribution in [2.45, 2.75) is 33.2 Å². The molecule has 1 N–H and O–H groups in total. The average molecular weight is 244 g/mol. The van der Waals surface area contributed by atoms with Crippen LogP contribution in [-0.4, -0.2) is 6.54 Å². The van der Waals surface area contributed by atoms with Gasteiger partial charge in [0, 0.05) is 6.04 Å². The Balaban J connectivity index is 2.96. The van der Waals surface area contributed by atoms with E-state index in [1.165, 1.54) is 6.07 Å². The van der Waals surface area contributed by atoms with Crippen LogP contribution in [0.5, 0.6) is 0 Å². The Morgan fingerprint density at radius 3 is 2.56 bits per heavy atom. The maximum Gasteiger partial charge on any atom is 0.142 e. The van der Waals surface area contributed by atoms with Crippen molar-refractivity contribution in [3.05, 3.63) is 34.6 Å². The summed E-state index contributed by atoms with van der Waals surface area (Å²) in [6, 6.07) is 5.24. The minimum atomic E-state index is -0.342. The van der Waals surface area contributed by atoms with Crippen LogP contribution < -0.4 is 5.32 Å². The van der Waals surface area contributed by atoms with E-state index < -0.39 is 0 Å². The molecule has 0 aromatic heterocycles. The summed E-state index contributed by atoms with van der Waals surface area (Å²) in [5.41, 5.74) is 0.970. The molecule has 0 aliphatic heterocycles. The Labute approximate surface area is 102 Å². The van der Waals surface area contributed by atoms with Gasteiger partial charge in [-0.3, -0.25) is 0 Å². The van der Waals surface area contributed by atoms with E-state index in [-0.39, 0.29) is 16.9 Å². The number of hydrogen-bond donors (Lipinski definition) is 1. The molecule has 1 rings (SSSR count). The molecule has 0 saturated heterocycles. The normalized spacial score (nSPS) is 14.8. The zero-order chi connectivity index (χ0) is 12.1. The number of rotatable bonds is 5. The van der Waals surface area contributed by atoms with E-state index in [0.717, 1.165) is 18.5 Å². The minimum Gasteiger partial charge on any atom is -0.310 e. The molecule has 2 unspecified atom stereocenters. The summed E-state index contributed by atoms with van der Waals surface area (Å²) >= 11 is 5.68. The smallest absolute Gasteiger partial charge is 0.142 e. The molecule has 1 aromatic carbocycles. The first-order chi connectivity index (χ1) is 7.60. The fraction of sp³-hybridized carbons (Fsp3) is 0.538. The van der Waals surface area contributed by atoms with E-state index in [0.29, 0.717) is 5.92 Å². The Kier molecular flexibility index (Phi) is 5.23. The van der Waals surface area contributed by atoms with Crippen molar-refractivity contribution in [3.8, 4) is 0 Å². The summed E-state index contributed by atoms with van der Waals surface area (Å²) in [6.45, 7) is 7.24. The highest BCUT2D eigenvalue weighted by Gasteiger charge is 2.17. The molecule has 0 amide bonds. The van der Waals surface area contributed by atoms with Gasteiger partial charge in [0.05, 0.1) is 5.02 Å². The fourth-order valence-electron chi connectivity index (χ4n) is 1.81. The van der Waals surface area contributed by atoms with Crippen molar-refractivity contribution in [1.82, 2.24) is 5.32 Å². The van der Waals surface area contributed by atoms with Crippen molar-refractivity contribution in [2.75, 3.05) is 6.54 Å². The van der Waals surface area contributed by atoms with Crippen LogP contribution in [0.2, 0.25) is 5.02 Å². The first-order valence-corrected chi connectivity index (χ1v) is 6.16. The SMILES string of the molecule is CCNC(c1ccc(Cl)c(F)c1)C(C)CC. The highest BCUT2D eigenvalue weighted by molar-refractivity contribution is 6.30. The van der Waals surface area contributed by atoms with Crippen molar-refractivity contribution in [2.24, 2.45) is 5.92 Å². The fourth-order valence-corrected chi connectivity index (χ4v) is 1.93.